The first-order valence-corrected chi connectivity index (χ1v) is 11.2. The van der Waals surface area contributed by atoms with E-state index in [0.717, 1.165) is 17.0 Å². The normalized spacial score (nSPS) is 10.8. The van der Waals surface area contributed by atoms with E-state index in [9.17, 15) is 9.59 Å². The van der Waals surface area contributed by atoms with Crippen LogP contribution in [0.1, 0.15) is 32.9 Å². The largest absolute Gasteiger partial charge is 0.493 e. The van der Waals surface area contributed by atoms with Crippen molar-refractivity contribution < 1.29 is 24.2 Å². The molecule has 2 aromatic carbocycles. The first-order valence-electron chi connectivity index (χ1n) is 10.2. The molecule has 34 heavy (non-hydrogen) atoms. The summed E-state index contributed by atoms with van der Waals surface area (Å²) < 4.78 is 11.2. The molecule has 0 unspecified atom stereocenters. The van der Waals surface area contributed by atoms with E-state index in [4.69, 9.17) is 14.6 Å². The van der Waals surface area contributed by atoms with Crippen molar-refractivity contribution in [3.05, 3.63) is 76.6 Å². The number of aromatic carboxylic acids is 1. The summed E-state index contributed by atoms with van der Waals surface area (Å²) in [4.78, 5) is 31.7. The summed E-state index contributed by atoms with van der Waals surface area (Å²) in [6.45, 7) is 3.94. The second-order valence-electron chi connectivity index (χ2n) is 7.22. The average Bonchev–Trinajstić information content (AvgIpc) is 2.81. The van der Waals surface area contributed by atoms with Crippen LogP contribution in [0.15, 0.2) is 58.8 Å². The Labute approximate surface area is 201 Å². The first kappa shape index (κ1) is 24.7. The van der Waals surface area contributed by atoms with E-state index in [1.54, 1.807) is 36.4 Å². The number of hydrazone groups is 1. The van der Waals surface area contributed by atoms with E-state index in [1.807, 2.05) is 19.9 Å². The molecule has 0 saturated carbocycles. The molecule has 0 bridgehead atoms. The van der Waals surface area contributed by atoms with Crippen LogP contribution in [0.2, 0.25) is 0 Å². The van der Waals surface area contributed by atoms with Gasteiger partial charge in [-0.2, -0.15) is 5.10 Å². The number of nitrogens with one attached hydrogen (secondary N) is 1. The first-order chi connectivity index (χ1) is 16.3. The highest BCUT2D eigenvalue weighted by molar-refractivity contribution is 7.99. The zero-order valence-electron chi connectivity index (χ0n) is 18.9. The van der Waals surface area contributed by atoms with Gasteiger partial charge in [0.05, 0.1) is 24.6 Å². The lowest BCUT2D eigenvalue weighted by Gasteiger charge is -2.11. The van der Waals surface area contributed by atoms with Crippen molar-refractivity contribution in [3.8, 4) is 11.5 Å². The highest BCUT2D eigenvalue weighted by Crippen LogP contribution is 2.28. The lowest BCUT2D eigenvalue weighted by Crippen LogP contribution is -2.19. The number of carboxylic acids is 1. The Hall–Kier alpha value is -3.92. The number of methoxy groups -OCH3 is 1. The van der Waals surface area contributed by atoms with Crippen LogP contribution in [0.4, 0.5) is 0 Å². The summed E-state index contributed by atoms with van der Waals surface area (Å²) in [6.07, 6.45) is 1.50. The maximum atomic E-state index is 12.1. The van der Waals surface area contributed by atoms with Crippen LogP contribution >= 0.6 is 11.8 Å². The third-order valence-electron chi connectivity index (χ3n) is 4.45. The minimum atomic E-state index is -0.993. The zero-order chi connectivity index (χ0) is 24.5. The summed E-state index contributed by atoms with van der Waals surface area (Å²) in [7, 11) is 1.52. The number of ether oxygens (including phenoxy) is 2. The molecular formula is C24H24N4O5S. The van der Waals surface area contributed by atoms with Crippen LogP contribution in [-0.4, -0.2) is 46.0 Å². The molecule has 1 heterocycles. The maximum absolute atomic E-state index is 12.1. The van der Waals surface area contributed by atoms with E-state index in [2.05, 4.69) is 20.5 Å². The lowest BCUT2D eigenvalue weighted by molar-refractivity contribution is -0.118. The molecule has 176 valence electrons. The second-order valence-corrected chi connectivity index (χ2v) is 8.16. The molecule has 3 rings (SSSR count). The van der Waals surface area contributed by atoms with Crippen molar-refractivity contribution in [2.45, 2.75) is 25.6 Å². The van der Waals surface area contributed by atoms with Gasteiger partial charge in [0.2, 0.25) is 0 Å². The number of benzene rings is 2. The van der Waals surface area contributed by atoms with Gasteiger partial charge in [0.15, 0.2) is 16.7 Å². The van der Waals surface area contributed by atoms with Crippen LogP contribution in [0, 0.1) is 13.8 Å². The Morgan fingerprint density at radius 3 is 2.56 bits per heavy atom. The minimum Gasteiger partial charge on any atom is -0.493 e. The van der Waals surface area contributed by atoms with Gasteiger partial charge in [-0.1, -0.05) is 23.9 Å². The minimum absolute atomic E-state index is 0.138. The molecule has 10 heteroatoms. The standard InChI is InChI=1S/C24H24N4O5S/c1-15-9-16(2)27-24(26-15)34-14-22(29)28-25-12-17-7-8-20(21(11-17)32-3)33-13-18-5-4-6-19(10-18)23(30)31/h4-12H,13-14H2,1-3H3,(H,28,29)(H,30,31)/b25-12-. The number of carbonyl (C=O) groups is 2. The fraction of sp³-hybridized carbons (Fsp3) is 0.208. The molecule has 0 aliphatic carbocycles. The number of carboxylic acid groups (broad SMARTS) is 1. The van der Waals surface area contributed by atoms with Crippen molar-refractivity contribution in [2.24, 2.45) is 5.10 Å². The van der Waals surface area contributed by atoms with Gasteiger partial charge in [0, 0.05) is 11.4 Å². The third kappa shape index (κ3) is 7.31. The van der Waals surface area contributed by atoms with Crippen LogP contribution in [0.25, 0.3) is 0 Å². The molecule has 0 atom stereocenters. The molecule has 0 aliphatic rings. The summed E-state index contributed by atoms with van der Waals surface area (Å²) in [5.74, 6) is -0.160. The molecule has 3 aromatic rings. The fourth-order valence-corrected chi connectivity index (χ4v) is 3.68. The number of nitrogens with zero attached hydrogens (tertiary/aromatic N) is 3. The number of hydrogen-bond donors (Lipinski definition) is 2. The van der Waals surface area contributed by atoms with E-state index >= 15 is 0 Å². The monoisotopic (exact) mass is 480 g/mol. The van der Waals surface area contributed by atoms with Gasteiger partial charge in [0.25, 0.3) is 5.91 Å². The Morgan fingerprint density at radius 2 is 1.85 bits per heavy atom. The van der Waals surface area contributed by atoms with E-state index in [-0.39, 0.29) is 23.8 Å². The molecule has 1 amide bonds. The van der Waals surface area contributed by atoms with Gasteiger partial charge in [-0.05, 0) is 61.4 Å². The quantitative estimate of drug-likeness (QED) is 0.195. The topological polar surface area (TPSA) is 123 Å². The van der Waals surface area contributed by atoms with Crippen molar-refractivity contribution in [2.75, 3.05) is 12.9 Å². The number of hydrogen-bond acceptors (Lipinski definition) is 8. The van der Waals surface area contributed by atoms with Crippen LogP contribution in [0.3, 0.4) is 0 Å². The molecule has 0 radical (unpaired) electrons. The number of rotatable bonds is 10. The third-order valence-corrected chi connectivity index (χ3v) is 5.30. The van der Waals surface area contributed by atoms with Gasteiger partial charge >= 0.3 is 5.97 Å². The summed E-state index contributed by atoms with van der Waals surface area (Å²) in [5, 5.41) is 13.6. The van der Waals surface area contributed by atoms with E-state index in [1.165, 1.54) is 31.2 Å². The summed E-state index contributed by atoms with van der Waals surface area (Å²) in [5.41, 5.74) is 5.79. The van der Waals surface area contributed by atoms with Gasteiger partial charge in [0.1, 0.15) is 6.61 Å². The predicted octanol–water partition coefficient (Wildman–Crippen LogP) is 3.62. The van der Waals surface area contributed by atoms with Gasteiger partial charge < -0.3 is 14.6 Å². The van der Waals surface area contributed by atoms with Crippen molar-refractivity contribution >= 4 is 29.9 Å². The molecule has 0 saturated heterocycles. The molecule has 0 fully saturated rings. The molecule has 2 N–H and O–H groups in total. The zero-order valence-corrected chi connectivity index (χ0v) is 19.8. The molecular weight excluding hydrogens is 456 g/mol. The fourth-order valence-electron chi connectivity index (χ4n) is 2.94. The number of aryl methyl sites for hydroxylation is 2. The van der Waals surface area contributed by atoms with Crippen LogP contribution < -0.4 is 14.9 Å². The van der Waals surface area contributed by atoms with Crippen molar-refractivity contribution in [3.63, 3.8) is 0 Å². The predicted molar refractivity (Wildman–Crippen MR) is 129 cm³/mol. The maximum Gasteiger partial charge on any atom is 0.335 e. The SMILES string of the molecule is COc1cc(/C=N\NC(=O)CSc2nc(C)cc(C)n2)ccc1OCc1cccc(C(=O)O)c1. The van der Waals surface area contributed by atoms with Crippen molar-refractivity contribution in [1.29, 1.82) is 0 Å². The van der Waals surface area contributed by atoms with Gasteiger partial charge in [-0.3, -0.25) is 4.79 Å². The molecule has 1 aromatic heterocycles. The second kappa shape index (κ2) is 11.8. The number of aromatic nitrogens is 2. The summed E-state index contributed by atoms with van der Waals surface area (Å²) >= 11 is 1.24. The Morgan fingerprint density at radius 1 is 1.09 bits per heavy atom. The molecule has 0 spiro atoms. The van der Waals surface area contributed by atoms with E-state index < -0.39 is 5.97 Å². The smallest absolute Gasteiger partial charge is 0.335 e. The average molecular weight is 481 g/mol. The van der Waals surface area contributed by atoms with Gasteiger partial charge in [-0.15, -0.1) is 0 Å². The summed E-state index contributed by atoms with van der Waals surface area (Å²) in [6, 6.07) is 13.6. The molecule has 9 nitrogen and oxygen atoms in total. The van der Waals surface area contributed by atoms with Crippen LogP contribution in [0.5, 0.6) is 11.5 Å². The lowest BCUT2D eigenvalue weighted by atomic mass is 10.1. The highest BCUT2D eigenvalue weighted by atomic mass is 32.2. The highest BCUT2D eigenvalue weighted by Gasteiger charge is 2.08. The number of amides is 1. The molecule has 0 aliphatic heterocycles. The van der Waals surface area contributed by atoms with E-state index in [0.29, 0.717) is 22.2 Å². The Bertz CT molecular complexity index is 1200. The number of carbonyl (C=O) groups excluding carboxylic acids is 1. The van der Waals surface area contributed by atoms with Crippen molar-refractivity contribution in [1.82, 2.24) is 15.4 Å². The Kier molecular flexibility index (Phi) is 8.58. The number of thioether (sulfide) groups is 1. The Balaban J connectivity index is 1.54. The van der Waals surface area contributed by atoms with Gasteiger partial charge in [-0.25, -0.2) is 20.2 Å². The van der Waals surface area contributed by atoms with Crippen LogP contribution in [-0.2, 0) is 11.4 Å².